The van der Waals surface area contributed by atoms with E-state index >= 15 is 0 Å². The van der Waals surface area contributed by atoms with Gasteiger partial charge in [0.15, 0.2) is 5.96 Å². The van der Waals surface area contributed by atoms with E-state index in [1.54, 1.807) is 32.4 Å². The summed E-state index contributed by atoms with van der Waals surface area (Å²) in [7, 11) is 3.14. The van der Waals surface area contributed by atoms with Crippen LogP contribution in [0.4, 0.5) is 5.69 Å². The van der Waals surface area contributed by atoms with E-state index in [0.717, 1.165) is 13.1 Å². The summed E-state index contributed by atoms with van der Waals surface area (Å²) in [6.07, 6.45) is 4.03. The molecule has 0 atom stereocenters. The number of nitrogens with two attached hydrogens (primary N) is 2. The molecule has 1 aliphatic rings. The summed E-state index contributed by atoms with van der Waals surface area (Å²) in [5.41, 5.74) is 12.3. The maximum atomic E-state index is 5.87. The van der Waals surface area contributed by atoms with Gasteiger partial charge in [0, 0.05) is 31.3 Å². The lowest BCUT2D eigenvalue weighted by Gasteiger charge is -2.15. The minimum atomic E-state index is 0.0784. The summed E-state index contributed by atoms with van der Waals surface area (Å²) in [5.74, 6) is 1.68. The van der Waals surface area contributed by atoms with E-state index in [9.17, 15) is 0 Å². The van der Waals surface area contributed by atoms with E-state index in [1.165, 1.54) is 0 Å². The first-order valence-electron chi connectivity index (χ1n) is 6.43. The summed E-state index contributed by atoms with van der Waals surface area (Å²) in [6, 6.07) is 5.22. The van der Waals surface area contributed by atoms with Crippen molar-refractivity contribution in [3.63, 3.8) is 0 Å². The predicted octanol–water partition coefficient (Wildman–Crippen LogP) is 0.837. The van der Waals surface area contributed by atoms with Crippen molar-refractivity contribution in [3.8, 4) is 11.5 Å². The molecule has 1 heterocycles. The normalized spacial score (nSPS) is 15.4. The van der Waals surface area contributed by atoms with Crippen LogP contribution in [0.3, 0.4) is 0 Å². The monoisotopic (exact) mass is 289 g/mol. The van der Waals surface area contributed by atoms with E-state index in [4.69, 9.17) is 20.9 Å². The molecule has 112 valence electrons. The molecule has 1 aliphatic heterocycles. The van der Waals surface area contributed by atoms with Crippen LogP contribution in [-0.2, 0) is 0 Å². The molecule has 7 heteroatoms. The van der Waals surface area contributed by atoms with Gasteiger partial charge in [0.05, 0.1) is 19.9 Å². The average Bonchev–Trinajstić information content (AvgIpc) is 3.00. The number of ether oxygens (including phenoxy) is 2. The first kappa shape index (κ1) is 14.7. The lowest BCUT2D eigenvalue weighted by Crippen LogP contribution is -2.36. The number of hydrogen-bond donors (Lipinski definition) is 2. The first-order chi connectivity index (χ1) is 10.1. The molecule has 7 nitrogen and oxygen atoms in total. The van der Waals surface area contributed by atoms with Crippen molar-refractivity contribution in [2.45, 2.75) is 0 Å². The molecule has 0 saturated carbocycles. The second kappa shape index (κ2) is 6.65. The van der Waals surface area contributed by atoms with E-state index in [1.807, 2.05) is 17.1 Å². The lowest BCUT2D eigenvalue weighted by molar-refractivity contribution is 0.394. The second-order valence-corrected chi connectivity index (χ2v) is 4.39. The molecule has 2 rings (SSSR count). The predicted molar refractivity (Wildman–Crippen MR) is 83.2 cm³/mol. The van der Waals surface area contributed by atoms with Crippen molar-refractivity contribution in [3.05, 3.63) is 30.4 Å². The first-order valence-corrected chi connectivity index (χ1v) is 6.43. The van der Waals surface area contributed by atoms with Gasteiger partial charge >= 0.3 is 0 Å². The molecule has 4 N–H and O–H groups in total. The smallest absolute Gasteiger partial charge is 0.223 e. The topological polar surface area (TPSA) is 98.5 Å². The molecule has 0 aliphatic carbocycles. The SMILES string of the molecule is COc1cc(N=C(N)N=C(N)N2CC=CC2)cc(OC)c1. The van der Waals surface area contributed by atoms with E-state index in [0.29, 0.717) is 23.1 Å². The molecule has 0 spiro atoms. The van der Waals surface area contributed by atoms with Gasteiger partial charge in [0.2, 0.25) is 5.96 Å². The Morgan fingerprint density at radius 2 is 1.62 bits per heavy atom. The van der Waals surface area contributed by atoms with E-state index in [-0.39, 0.29) is 5.96 Å². The average molecular weight is 289 g/mol. The fourth-order valence-electron chi connectivity index (χ4n) is 1.87. The molecule has 0 unspecified atom stereocenters. The van der Waals surface area contributed by atoms with Crippen LogP contribution in [-0.4, -0.2) is 44.1 Å². The highest BCUT2D eigenvalue weighted by Gasteiger charge is 2.09. The van der Waals surface area contributed by atoms with Gasteiger partial charge in [0.25, 0.3) is 0 Å². The largest absolute Gasteiger partial charge is 0.497 e. The van der Waals surface area contributed by atoms with Crippen LogP contribution in [0.15, 0.2) is 40.3 Å². The molecular formula is C14H19N5O2. The highest BCUT2D eigenvalue weighted by atomic mass is 16.5. The summed E-state index contributed by atoms with van der Waals surface area (Å²) in [5, 5.41) is 0. The van der Waals surface area contributed by atoms with Crippen LogP contribution in [0.25, 0.3) is 0 Å². The van der Waals surface area contributed by atoms with Crippen LogP contribution >= 0.6 is 0 Å². The summed E-state index contributed by atoms with van der Waals surface area (Å²) >= 11 is 0. The zero-order valence-corrected chi connectivity index (χ0v) is 12.1. The van der Waals surface area contributed by atoms with Crippen LogP contribution in [0.1, 0.15) is 0 Å². The molecule has 0 aromatic heterocycles. The number of benzene rings is 1. The third-order valence-corrected chi connectivity index (χ3v) is 2.95. The molecular weight excluding hydrogens is 270 g/mol. The molecule has 0 saturated heterocycles. The third-order valence-electron chi connectivity index (χ3n) is 2.95. The van der Waals surface area contributed by atoms with Crippen molar-refractivity contribution in [1.82, 2.24) is 4.90 Å². The summed E-state index contributed by atoms with van der Waals surface area (Å²) in [6.45, 7) is 1.46. The fraction of sp³-hybridized carbons (Fsp3) is 0.286. The minimum Gasteiger partial charge on any atom is -0.497 e. The highest BCUT2D eigenvalue weighted by Crippen LogP contribution is 2.27. The molecule has 0 fully saturated rings. The van der Waals surface area contributed by atoms with Gasteiger partial charge in [-0.25, -0.2) is 4.99 Å². The zero-order valence-electron chi connectivity index (χ0n) is 12.1. The van der Waals surface area contributed by atoms with Gasteiger partial charge in [0.1, 0.15) is 11.5 Å². The zero-order chi connectivity index (χ0) is 15.2. The Morgan fingerprint density at radius 3 is 2.14 bits per heavy atom. The molecule has 1 aromatic carbocycles. The number of aliphatic imine (C=N–C) groups is 2. The Labute approximate surface area is 123 Å². The van der Waals surface area contributed by atoms with Gasteiger partial charge in [-0.05, 0) is 0 Å². The standard InChI is InChI=1S/C14H19N5O2/c1-20-11-7-10(8-12(9-11)21-2)17-13(15)18-14(16)19-5-3-4-6-19/h3-4,7-9H,5-6H2,1-2H3,(H4,15,16,17,18). The number of methoxy groups -OCH3 is 2. The van der Waals surface area contributed by atoms with Crippen LogP contribution in [0.5, 0.6) is 11.5 Å². The lowest BCUT2D eigenvalue weighted by atomic mass is 10.3. The highest BCUT2D eigenvalue weighted by molar-refractivity contribution is 5.94. The fourth-order valence-corrected chi connectivity index (χ4v) is 1.87. The number of hydrogen-bond acceptors (Lipinski definition) is 3. The van der Waals surface area contributed by atoms with Crippen molar-refractivity contribution in [2.75, 3.05) is 27.3 Å². The quantitative estimate of drug-likeness (QED) is 0.488. The van der Waals surface area contributed by atoms with Crippen molar-refractivity contribution < 1.29 is 9.47 Å². The Bertz CT molecular complexity index is 565. The van der Waals surface area contributed by atoms with Crippen LogP contribution in [0.2, 0.25) is 0 Å². The number of nitrogens with zero attached hydrogens (tertiary/aromatic N) is 3. The molecule has 1 aromatic rings. The van der Waals surface area contributed by atoms with Gasteiger partial charge in [-0.1, -0.05) is 12.2 Å². The maximum absolute atomic E-state index is 5.87. The Morgan fingerprint density at radius 1 is 1.05 bits per heavy atom. The van der Waals surface area contributed by atoms with Crippen LogP contribution < -0.4 is 20.9 Å². The van der Waals surface area contributed by atoms with Crippen molar-refractivity contribution >= 4 is 17.6 Å². The minimum absolute atomic E-state index is 0.0784. The van der Waals surface area contributed by atoms with E-state index < -0.39 is 0 Å². The van der Waals surface area contributed by atoms with Gasteiger partial charge < -0.3 is 25.8 Å². The molecule has 0 bridgehead atoms. The third kappa shape index (κ3) is 3.88. The Balaban J connectivity index is 2.19. The van der Waals surface area contributed by atoms with E-state index in [2.05, 4.69) is 9.98 Å². The Hall–Kier alpha value is -2.70. The van der Waals surface area contributed by atoms with Crippen molar-refractivity contribution in [1.29, 1.82) is 0 Å². The Kier molecular flexibility index (Phi) is 4.65. The number of rotatable bonds is 3. The molecule has 0 amide bonds. The van der Waals surface area contributed by atoms with Gasteiger partial charge in [-0.15, -0.1) is 0 Å². The van der Waals surface area contributed by atoms with Crippen molar-refractivity contribution in [2.24, 2.45) is 21.5 Å². The van der Waals surface area contributed by atoms with Crippen LogP contribution in [0, 0.1) is 0 Å². The number of guanidine groups is 2. The van der Waals surface area contributed by atoms with Gasteiger partial charge in [-0.3, -0.25) is 0 Å². The second-order valence-electron chi connectivity index (χ2n) is 4.39. The maximum Gasteiger partial charge on any atom is 0.223 e. The molecule has 21 heavy (non-hydrogen) atoms. The molecule has 0 radical (unpaired) electrons. The summed E-state index contributed by atoms with van der Waals surface area (Å²) < 4.78 is 10.3. The van der Waals surface area contributed by atoms with Gasteiger partial charge in [-0.2, -0.15) is 4.99 Å². The summed E-state index contributed by atoms with van der Waals surface area (Å²) in [4.78, 5) is 10.2.